The fourth-order valence-corrected chi connectivity index (χ4v) is 3.68. The van der Waals surface area contributed by atoms with E-state index in [1.807, 2.05) is 24.5 Å². The monoisotopic (exact) mass is 288 g/mol. The summed E-state index contributed by atoms with van der Waals surface area (Å²) in [5, 5.41) is 4.69. The van der Waals surface area contributed by atoms with Crippen LogP contribution in [0.1, 0.15) is 24.3 Å². The normalized spacial score (nSPS) is 11.7. The lowest BCUT2D eigenvalue weighted by Crippen LogP contribution is -2.30. The van der Waals surface area contributed by atoms with Gasteiger partial charge in [-0.05, 0) is 37.9 Å². The van der Waals surface area contributed by atoms with E-state index in [4.69, 9.17) is 0 Å². The summed E-state index contributed by atoms with van der Waals surface area (Å²) in [7, 11) is 2.01. The molecule has 2 rings (SSSR count). The third kappa shape index (κ3) is 3.29. The van der Waals surface area contributed by atoms with Gasteiger partial charge in [0.05, 0.1) is 0 Å². The standard InChI is InChI=1S/C17H24N2S/c1-5-10-19(13(2)3)12-15-14-8-6-7-9-16(14)20-17(15)11-18-4/h5-9,13,18H,1,10-12H2,2-4H3. The highest BCUT2D eigenvalue weighted by atomic mass is 32.1. The molecule has 0 fully saturated rings. The molecular weight excluding hydrogens is 264 g/mol. The summed E-state index contributed by atoms with van der Waals surface area (Å²) in [5.41, 5.74) is 1.47. The second-order valence-corrected chi connectivity index (χ2v) is 6.48. The molecule has 0 aliphatic rings. The quantitative estimate of drug-likeness (QED) is 0.774. The number of rotatable bonds is 7. The van der Waals surface area contributed by atoms with Crippen LogP contribution in [0.25, 0.3) is 10.1 Å². The van der Waals surface area contributed by atoms with Crippen molar-refractivity contribution in [3.8, 4) is 0 Å². The van der Waals surface area contributed by atoms with E-state index in [-0.39, 0.29) is 0 Å². The van der Waals surface area contributed by atoms with Gasteiger partial charge in [-0.3, -0.25) is 4.90 Å². The Kier molecular flexibility index (Phi) is 5.35. The summed E-state index contributed by atoms with van der Waals surface area (Å²) in [4.78, 5) is 3.91. The molecule has 1 aromatic heterocycles. The van der Waals surface area contributed by atoms with Crippen molar-refractivity contribution in [3.63, 3.8) is 0 Å². The topological polar surface area (TPSA) is 15.3 Å². The van der Waals surface area contributed by atoms with Gasteiger partial charge in [-0.25, -0.2) is 0 Å². The fraction of sp³-hybridized carbons (Fsp3) is 0.412. The van der Waals surface area contributed by atoms with Crippen LogP contribution in [0.4, 0.5) is 0 Å². The molecule has 0 spiro atoms. The number of hydrogen-bond donors (Lipinski definition) is 1. The molecule has 0 amide bonds. The molecule has 0 saturated carbocycles. The van der Waals surface area contributed by atoms with Gasteiger partial charge in [0, 0.05) is 35.3 Å². The maximum Gasteiger partial charge on any atom is 0.0349 e. The lowest BCUT2D eigenvalue weighted by atomic mass is 10.1. The smallest absolute Gasteiger partial charge is 0.0349 e. The SMILES string of the molecule is C=CCN(Cc1c(CNC)sc2ccccc12)C(C)C. The number of nitrogens with one attached hydrogen (secondary N) is 1. The average Bonchev–Trinajstić information content (AvgIpc) is 2.77. The van der Waals surface area contributed by atoms with E-state index < -0.39 is 0 Å². The first-order chi connectivity index (χ1) is 9.67. The van der Waals surface area contributed by atoms with E-state index in [1.165, 1.54) is 20.5 Å². The summed E-state index contributed by atoms with van der Waals surface area (Å²) in [6.45, 7) is 11.2. The van der Waals surface area contributed by atoms with Crippen LogP contribution in [-0.4, -0.2) is 24.5 Å². The Balaban J connectivity index is 2.39. The third-order valence-electron chi connectivity index (χ3n) is 3.57. The minimum Gasteiger partial charge on any atom is -0.315 e. The molecule has 0 radical (unpaired) electrons. The highest BCUT2D eigenvalue weighted by molar-refractivity contribution is 7.19. The zero-order chi connectivity index (χ0) is 14.5. The predicted molar refractivity (Wildman–Crippen MR) is 90.3 cm³/mol. The molecular formula is C17H24N2S. The van der Waals surface area contributed by atoms with Gasteiger partial charge in [0.15, 0.2) is 0 Å². The van der Waals surface area contributed by atoms with E-state index in [0.717, 1.165) is 19.6 Å². The largest absolute Gasteiger partial charge is 0.315 e. The molecule has 0 unspecified atom stereocenters. The van der Waals surface area contributed by atoms with Gasteiger partial charge >= 0.3 is 0 Å². The first-order valence-electron chi connectivity index (χ1n) is 7.16. The lowest BCUT2D eigenvalue weighted by molar-refractivity contribution is 0.238. The maximum absolute atomic E-state index is 3.88. The van der Waals surface area contributed by atoms with Crippen LogP contribution >= 0.6 is 11.3 Å². The molecule has 1 heterocycles. The molecule has 0 aliphatic heterocycles. The summed E-state index contributed by atoms with van der Waals surface area (Å²) in [6, 6.07) is 9.24. The van der Waals surface area contributed by atoms with E-state index in [1.54, 1.807) is 0 Å². The predicted octanol–water partition coefficient (Wildman–Crippen LogP) is 4.02. The van der Waals surface area contributed by atoms with Gasteiger partial charge in [0.1, 0.15) is 0 Å². The van der Waals surface area contributed by atoms with E-state index in [2.05, 4.69) is 54.9 Å². The highest BCUT2D eigenvalue weighted by Gasteiger charge is 2.16. The Bertz CT molecular complexity index is 571. The van der Waals surface area contributed by atoms with E-state index >= 15 is 0 Å². The third-order valence-corrected chi connectivity index (χ3v) is 4.79. The molecule has 3 heteroatoms. The van der Waals surface area contributed by atoms with Crippen molar-refractivity contribution in [2.45, 2.75) is 33.0 Å². The van der Waals surface area contributed by atoms with Crippen LogP contribution in [-0.2, 0) is 13.1 Å². The van der Waals surface area contributed by atoms with E-state index in [0.29, 0.717) is 6.04 Å². The van der Waals surface area contributed by atoms with Gasteiger partial charge in [-0.1, -0.05) is 24.3 Å². The molecule has 0 aliphatic carbocycles. The van der Waals surface area contributed by atoms with Crippen LogP contribution in [0.3, 0.4) is 0 Å². The number of thiophene rings is 1. The van der Waals surface area contributed by atoms with Crippen molar-refractivity contribution in [2.75, 3.05) is 13.6 Å². The van der Waals surface area contributed by atoms with Crippen LogP contribution in [0.15, 0.2) is 36.9 Å². The first-order valence-corrected chi connectivity index (χ1v) is 7.97. The van der Waals surface area contributed by atoms with Crippen molar-refractivity contribution in [1.29, 1.82) is 0 Å². The summed E-state index contributed by atoms with van der Waals surface area (Å²) >= 11 is 1.91. The Hall–Kier alpha value is -1.16. The highest BCUT2D eigenvalue weighted by Crippen LogP contribution is 2.32. The number of benzene rings is 1. The summed E-state index contributed by atoms with van der Waals surface area (Å²) in [5.74, 6) is 0. The fourth-order valence-electron chi connectivity index (χ4n) is 2.45. The average molecular weight is 288 g/mol. The molecule has 1 N–H and O–H groups in total. The first kappa shape index (κ1) is 15.2. The maximum atomic E-state index is 3.88. The second-order valence-electron chi connectivity index (χ2n) is 5.34. The number of hydrogen-bond acceptors (Lipinski definition) is 3. The molecule has 108 valence electrons. The Morgan fingerprint density at radius 2 is 2.10 bits per heavy atom. The number of fused-ring (bicyclic) bond motifs is 1. The van der Waals surface area contributed by atoms with Crippen LogP contribution < -0.4 is 5.32 Å². The van der Waals surface area contributed by atoms with Gasteiger partial charge in [0.25, 0.3) is 0 Å². The van der Waals surface area contributed by atoms with E-state index in [9.17, 15) is 0 Å². The van der Waals surface area contributed by atoms with Gasteiger partial charge in [-0.15, -0.1) is 17.9 Å². The lowest BCUT2D eigenvalue weighted by Gasteiger charge is -2.25. The van der Waals surface area contributed by atoms with Crippen LogP contribution in [0.2, 0.25) is 0 Å². The van der Waals surface area contributed by atoms with Crippen molar-refractivity contribution < 1.29 is 0 Å². The Labute approximate surface area is 126 Å². The zero-order valence-corrected chi connectivity index (χ0v) is 13.5. The molecule has 0 atom stereocenters. The second kappa shape index (κ2) is 7.02. The van der Waals surface area contributed by atoms with Crippen molar-refractivity contribution >= 4 is 21.4 Å². The molecule has 1 aromatic carbocycles. The molecule has 20 heavy (non-hydrogen) atoms. The van der Waals surface area contributed by atoms with Crippen LogP contribution in [0, 0.1) is 0 Å². The van der Waals surface area contributed by atoms with Gasteiger partial charge in [0.2, 0.25) is 0 Å². The van der Waals surface area contributed by atoms with Crippen molar-refractivity contribution in [1.82, 2.24) is 10.2 Å². The minimum absolute atomic E-state index is 0.522. The van der Waals surface area contributed by atoms with Gasteiger partial charge in [-0.2, -0.15) is 0 Å². The molecule has 2 nitrogen and oxygen atoms in total. The van der Waals surface area contributed by atoms with Crippen LogP contribution in [0.5, 0.6) is 0 Å². The van der Waals surface area contributed by atoms with Crippen molar-refractivity contribution in [3.05, 3.63) is 47.4 Å². The van der Waals surface area contributed by atoms with Crippen molar-refractivity contribution in [2.24, 2.45) is 0 Å². The summed E-state index contributed by atoms with van der Waals surface area (Å²) < 4.78 is 1.38. The molecule has 2 aromatic rings. The minimum atomic E-state index is 0.522. The molecule has 0 saturated heterocycles. The Morgan fingerprint density at radius 1 is 1.35 bits per heavy atom. The summed E-state index contributed by atoms with van der Waals surface area (Å²) in [6.07, 6.45) is 1.99. The van der Waals surface area contributed by atoms with Gasteiger partial charge < -0.3 is 5.32 Å². The number of nitrogens with zero attached hydrogens (tertiary/aromatic N) is 1. The zero-order valence-electron chi connectivity index (χ0n) is 12.6. The Morgan fingerprint density at radius 3 is 2.75 bits per heavy atom. The molecule has 0 bridgehead atoms.